The van der Waals surface area contributed by atoms with E-state index in [2.05, 4.69) is 69.1 Å². The summed E-state index contributed by atoms with van der Waals surface area (Å²) in [5.41, 5.74) is 7.59. The normalized spacial score (nSPS) is 17.1. The number of aromatic nitrogens is 4. The van der Waals surface area contributed by atoms with Crippen molar-refractivity contribution in [2.75, 3.05) is 10.6 Å². The lowest BCUT2D eigenvalue weighted by Crippen LogP contribution is -2.24. The molecule has 1 atom stereocenters. The molecule has 0 saturated carbocycles. The molecule has 0 fully saturated rings. The van der Waals surface area contributed by atoms with Gasteiger partial charge in [-0.3, -0.25) is 14.9 Å². The molecule has 3 N–H and O–H groups in total. The number of carbonyl (C=O) groups excluding carboxylic acids is 1. The van der Waals surface area contributed by atoms with Crippen LogP contribution in [0.1, 0.15) is 29.3 Å². The molecule has 168 valence electrons. The predicted octanol–water partition coefficient (Wildman–Crippen LogP) is 4.74. The van der Waals surface area contributed by atoms with Gasteiger partial charge in [0.2, 0.25) is 6.41 Å². The highest BCUT2D eigenvalue weighted by Crippen LogP contribution is 2.42. The van der Waals surface area contributed by atoms with Gasteiger partial charge in [0.05, 0.1) is 29.5 Å². The first kappa shape index (κ1) is 20.4. The second-order valence-corrected chi connectivity index (χ2v) is 9.18. The molecule has 0 aliphatic heterocycles. The van der Waals surface area contributed by atoms with Crippen molar-refractivity contribution < 1.29 is 4.79 Å². The number of amides is 1. The Hall–Kier alpha value is -4.26. The van der Waals surface area contributed by atoms with Gasteiger partial charge in [-0.15, -0.1) is 0 Å². The van der Waals surface area contributed by atoms with Crippen LogP contribution in [0.5, 0.6) is 0 Å². The Morgan fingerprint density at radius 3 is 2.85 bits per heavy atom. The van der Waals surface area contributed by atoms with Crippen molar-refractivity contribution in [2.24, 2.45) is 0 Å². The number of fused-ring (bicyclic) bond motifs is 3. The minimum absolute atomic E-state index is 0.132. The number of hydrogen-bond donors (Lipinski definition) is 3. The Labute approximate surface area is 196 Å². The van der Waals surface area contributed by atoms with E-state index in [1.165, 1.54) is 11.1 Å². The maximum Gasteiger partial charge on any atom is 0.212 e. The minimum atomic E-state index is -0.132. The molecule has 6 rings (SSSR count). The van der Waals surface area contributed by atoms with Crippen LogP contribution >= 0.6 is 0 Å². The van der Waals surface area contributed by atoms with Crippen molar-refractivity contribution >= 4 is 39.7 Å². The predicted molar refractivity (Wildman–Crippen MR) is 134 cm³/mol. The minimum Gasteiger partial charge on any atom is -0.379 e. The summed E-state index contributed by atoms with van der Waals surface area (Å²) < 4.78 is 0. The highest BCUT2D eigenvalue weighted by atomic mass is 16.1. The first-order valence-electron chi connectivity index (χ1n) is 11.4. The molecule has 0 radical (unpaired) electrons. The summed E-state index contributed by atoms with van der Waals surface area (Å²) in [6, 6.07) is 18.8. The molecule has 34 heavy (non-hydrogen) atoms. The molecule has 0 saturated heterocycles. The van der Waals surface area contributed by atoms with Crippen molar-refractivity contribution in [3.63, 3.8) is 0 Å². The zero-order chi connectivity index (χ0) is 23.1. The molecule has 7 heteroatoms. The highest BCUT2D eigenvalue weighted by Gasteiger charge is 2.36. The van der Waals surface area contributed by atoms with Gasteiger partial charge in [0.25, 0.3) is 0 Å². The Morgan fingerprint density at radius 1 is 1.09 bits per heavy atom. The van der Waals surface area contributed by atoms with Crippen molar-refractivity contribution in [1.29, 1.82) is 0 Å². The lowest BCUT2D eigenvalue weighted by molar-refractivity contribution is -0.105. The molecule has 3 aromatic heterocycles. The van der Waals surface area contributed by atoms with Crippen molar-refractivity contribution in [3.05, 3.63) is 89.4 Å². The number of H-pyrrole nitrogens is 1. The molecule has 7 nitrogen and oxygen atoms in total. The van der Waals surface area contributed by atoms with Crippen molar-refractivity contribution in [2.45, 2.75) is 31.7 Å². The lowest BCUT2D eigenvalue weighted by atomic mass is 9.80. The van der Waals surface area contributed by atoms with Crippen LogP contribution in [0.2, 0.25) is 0 Å². The number of anilines is 2. The topological polar surface area (TPSA) is 95.6 Å². The highest BCUT2D eigenvalue weighted by molar-refractivity contribution is 5.90. The van der Waals surface area contributed by atoms with E-state index < -0.39 is 0 Å². The van der Waals surface area contributed by atoms with Crippen LogP contribution in [0.3, 0.4) is 0 Å². The number of nitrogens with zero attached hydrogens (tertiary/aromatic N) is 3. The molecule has 1 aliphatic carbocycles. The molecule has 1 aliphatic rings. The Morgan fingerprint density at radius 2 is 1.97 bits per heavy atom. The zero-order valence-electron chi connectivity index (χ0n) is 18.8. The first-order valence-corrected chi connectivity index (χ1v) is 11.4. The fourth-order valence-electron chi connectivity index (χ4n) is 5.20. The number of pyridine rings is 2. The van der Waals surface area contributed by atoms with E-state index in [9.17, 15) is 4.79 Å². The van der Waals surface area contributed by atoms with Gasteiger partial charge in [-0.1, -0.05) is 25.1 Å². The largest absolute Gasteiger partial charge is 0.379 e. The van der Waals surface area contributed by atoms with Gasteiger partial charge >= 0.3 is 0 Å². The summed E-state index contributed by atoms with van der Waals surface area (Å²) in [6.07, 6.45) is 6.02. The fourth-order valence-corrected chi connectivity index (χ4v) is 5.20. The standard InChI is InChI=1S/C27H24N6O/c1-27(22-4-3-9-28-26(22)30-16-34)12-18-10-17-7-8-20(32-25(17)11-19(18)13-27)14-29-23-5-2-6-24-21(23)15-31-33-24/h2-11,15-16,29H,12-14H2,1H3,(H,31,33)(H,28,30,34). The molecular weight excluding hydrogens is 424 g/mol. The summed E-state index contributed by atoms with van der Waals surface area (Å²) >= 11 is 0. The molecular formula is C27H24N6O. The second kappa shape index (κ2) is 7.95. The summed E-state index contributed by atoms with van der Waals surface area (Å²) in [5, 5.41) is 15.6. The summed E-state index contributed by atoms with van der Waals surface area (Å²) in [5.74, 6) is 0.636. The van der Waals surface area contributed by atoms with E-state index in [4.69, 9.17) is 4.98 Å². The van der Waals surface area contributed by atoms with Gasteiger partial charge in [0.1, 0.15) is 5.82 Å². The van der Waals surface area contributed by atoms with Crippen LogP contribution in [0.25, 0.3) is 21.8 Å². The fraction of sp³-hybridized carbons (Fsp3) is 0.185. The van der Waals surface area contributed by atoms with Crippen LogP contribution in [-0.4, -0.2) is 26.6 Å². The SMILES string of the molecule is CC1(c2cccnc2NC=O)Cc2cc3ccc(CNc4cccc5[nH]ncc45)nc3cc2C1. The number of carbonyl (C=O) groups is 1. The van der Waals surface area contributed by atoms with Gasteiger partial charge in [0.15, 0.2) is 0 Å². The Kier molecular flexibility index (Phi) is 4.76. The van der Waals surface area contributed by atoms with E-state index >= 15 is 0 Å². The van der Waals surface area contributed by atoms with Crippen LogP contribution in [0, 0.1) is 0 Å². The molecule has 5 aromatic rings. The Balaban J connectivity index is 1.28. The van der Waals surface area contributed by atoms with E-state index in [0.717, 1.165) is 51.6 Å². The van der Waals surface area contributed by atoms with Crippen LogP contribution in [0.4, 0.5) is 11.5 Å². The van der Waals surface area contributed by atoms with E-state index in [0.29, 0.717) is 18.8 Å². The van der Waals surface area contributed by atoms with Gasteiger partial charge < -0.3 is 10.6 Å². The van der Waals surface area contributed by atoms with Crippen molar-refractivity contribution in [3.8, 4) is 0 Å². The summed E-state index contributed by atoms with van der Waals surface area (Å²) in [4.78, 5) is 20.4. The Bertz CT molecular complexity index is 1540. The smallest absolute Gasteiger partial charge is 0.212 e. The lowest BCUT2D eigenvalue weighted by Gasteiger charge is -2.25. The summed E-state index contributed by atoms with van der Waals surface area (Å²) in [6.45, 7) is 2.87. The third kappa shape index (κ3) is 3.46. The molecule has 1 unspecified atom stereocenters. The number of benzene rings is 2. The van der Waals surface area contributed by atoms with E-state index in [1.54, 1.807) is 6.20 Å². The average molecular weight is 449 g/mol. The van der Waals surface area contributed by atoms with Gasteiger partial charge in [-0.05, 0) is 60.4 Å². The monoisotopic (exact) mass is 448 g/mol. The quantitative estimate of drug-likeness (QED) is 0.326. The average Bonchev–Trinajstić information content (AvgIpc) is 3.46. The van der Waals surface area contributed by atoms with Gasteiger partial charge in [-0.25, -0.2) is 4.98 Å². The second-order valence-electron chi connectivity index (χ2n) is 9.18. The number of rotatable bonds is 6. The maximum atomic E-state index is 11.1. The molecule has 0 spiro atoms. The number of hydrogen-bond acceptors (Lipinski definition) is 5. The maximum absolute atomic E-state index is 11.1. The van der Waals surface area contributed by atoms with Crippen molar-refractivity contribution in [1.82, 2.24) is 20.2 Å². The van der Waals surface area contributed by atoms with E-state index in [-0.39, 0.29) is 5.41 Å². The van der Waals surface area contributed by atoms with Gasteiger partial charge in [0, 0.05) is 33.6 Å². The first-order chi connectivity index (χ1) is 16.6. The van der Waals surface area contributed by atoms with Crippen LogP contribution in [-0.2, 0) is 29.6 Å². The molecule has 2 aromatic carbocycles. The molecule has 3 heterocycles. The number of aromatic amines is 1. The molecule has 1 amide bonds. The van der Waals surface area contributed by atoms with E-state index in [1.807, 2.05) is 24.4 Å². The van der Waals surface area contributed by atoms with Gasteiger partial charge in [-0.2, -0.15) is 5.10 Å². The number of nitrogens with one attached hydrogen (secondary N) is 3. The summed E-state index contributed by atoms with van der Waals surface area (Å²) in [7, 11) is 0. The zero-order valence-corrected chi connectivity index (χ0v) is 18.8. The third-order valence-corrected chi connectivity index (χ3v) is 6.83. The van der Waals surface area contributed by atoms with Crippen LogP contribution < -0.4 is 10.6 Å². The third-order valence-electron chi connectivity index (χ3n) is 6.83. The molecule has 0 bridgehead atoms. The van der Waals surface area contributed by atoms with Crippen LogP contribution in [0.15, 0.2) is 67.0 Å².